The topological polar surface area (TPSA) is 180 Å². The van der Waals surface area contributed by atoms with E-state index in [0.717, 1.165) is 40.3 Å². The van der Waals surface area contributed by atoms with Crippen molar-refractivity contribution in [1.82, 2.24) is 29.1 Å². The summed E-state index contributed by atoms with van der Waals surface area (Å²) in [7, 11) is 0. The Hall–Kier alpha value is -7.51. The van der Waals surface area contributed by atoms with Crippen LogP contribution in [-0.4, -0.2) is 48.1 Å². The van der Waals surface area contributed by atoms with Gasteiger partial charge in [-0.05, 0) is 72.5 Å². The van der Waals surface area contributed by atoms with Gasteiger partial charge in [-0.2, -0.15) is 0 Å². The van der Waals surface area contributed by atoms with Crippen LogP contribution in [0.2, 0.25) is 0 Å². The Balaban J connectivity index is 0.000000180. The maximum atomic E-state index is 13.2. The van der Waals surface area contributed by atoms with Gasteiger partial charge in [0.2, 0.25) is 17.8 Å². The Morgan fingerprint density at radius 1 is 0.678 bits per heavy atom. The minimum absolute atomic E-state index is 0.0162. The number of aromatic nitrogens is 6. The molecule has 1 amide bonds. The number of aryl methyl sites for hydroxylation is 2. The van der Waals surface area contributed by atoms with Crippen LogP contribution in [0.5, 0.6) is 0 Å². The minimum Gasteiger partial charge on any atom is -0.384 e. The number of carbonyl (C=O) groups excluding carboxylic acids is 1. The molecule has 0 saturated heterocycles. The van der Waals surface area contributed by atoms with Gasteiger partial charge in [0, 0.05) is 79.4 Å². The van der Waals surface area contributed by atoms with Gasteiger partial charge in [-0.3, -0.25) is 23.5 Å². The molecule has 6 heterocycles. The summed E-state index contributed by atoms with van der Waals surface area (Å²) < 4.78 is 3.18. The number of nitrogens with two attached hydrogens (primary N) is 2. The van der Waals surface area contributed by atoms with E-state index in [9.17, 15) is 14.4 Å². The summed E-state index contributed by atoms with van der Waals surface area (Å²) in [6.45, 7) is 15.4. The van der Waals surface area contributed by atoms with Gasteiger partial charge in [0.15, 0.2) is 0 Å². The Morgan fingerprint density at radius 3 is 1.64 bits per heavy atom. The van der Waals surface area contributed by atoms with Gasteiger partial charge in [-0.1, -0.05) is 63.5 Å². The Kier molecular flexibility index (Phi) is 10.4. The van der Waals surface area contributed by atoms with E-state index in [1.165, 1.54) is 18.0 Å². The van der Waals surface area contributed by atoms with Crippen LogP contribution < -0.4 is 32.8 Å². The molecule has 2 aliphatic rings. The van der Waals surface area contributed by atoms with Gasteiger partial charge in [-0.15, -0.1) is 0 Å². The van der Waals surface area contributed by atoms with Crippen LogP contribution in [0.4, 0.5) is 23.3 Å². The highest BCUT2D eigenvalue weighted by molar-refractivity contribution is 5.95. The van der Waals surface area contributed by atoms with E-state index in [1.807, 2.05) is 56.3 Å². The molecule has 2 aliphatic heterocycles. The zero-order valence-electron chi connectivity index (χ0n) is 34.0. The first-order valence-corrected chi connectivity index (χ1v) is 19.0. The van der Waals surface area contributed by atoms with Crippen molar-refractivity contribution in [2.24, 2.45) is 0 Å². The van der Waals surface area contributed by atoms with E-state index in [2.05, 4.69) is 82.7 Å². The first-order valence-electron chi connectivity index (χ1n) is 19.0. The average Bonchev–Trinajstić information content (AvgIpc) is 3.66. The molecule has 0 radical (unpaired) electrons. The van der Waals surface area contributed by atoms with Crippen molar-refractivity contribution in [2.75, 3.05) is 34.8 Å². The largest absolute Gasteiger partial charge is 0.384 e. The normalized spacial score (nSPS) is 14.0. The minimum atomic E-state index is -0.226. The molecular formula is C46H44N10O3. The van der Waals surface area contributed by atoms with Crippen molar-refractivity contribution in [3.8, 4) is 35.1 Å². The third kappa shape index (κ3) is 8.04. The molecule has 296 valence electrons. The molecule has 0 spiro atoms. The quantitative estimate of drug-likeness (QED) is 0.198. The molecule has 2 aromatic carbocycles. The fraction of sp³-hybridized carbons (Fsp3) is 0.239. The summed E-state index contributed by atoms with van der Waals surface area (Å²) in [5, 5.41) is 3.43. The fourth-order valence-electron chi connectivity index (χ4n) is 7.18. The van der Waals surface area contributed by atoms with Crippen molar-refractivity contribution in [2.45, 2.75) is 59.3 Å². The monoisotopic (exact) mass is 784 g/mol. The third-order valence-electron chi connectivity index (χ3n) is 10.6. The van der Waals surface area contributed by atoms with Crippen molar-refractivity contribution < 1.29 is 4.79 Å². The molecular weight excluding hydrogens is 741 g/mol. The van der Waals surface area contributed by atoms with Crippen LogP contribution in [0.3, 0.4) is 0 Å². The van der Waals surface area contributed by atoms with Crippen LogP contribution in [0, 0.1) is 37.5 Å². The van der Waals surface area contributed by atoms with E-state index >= 15 is 0 Å². The fourth-order valence-corrected chi connectivity index (χ4v) is 7.18. The van der Waals surface area contributed by atoms with Crippen molar-refractivity contribution in [3.05, 3.63) is 151 Å². The van der Waals surface area contributed by atoms with Crippen LogP contribution in [0.25, 0.3) is 11.4 Å². The SMILES string of the molecule is CC(=O)N1CC(C)(C)c2ccc(-n3ccc(C)c(C#Cc4cnc(N)nc4)c3=O)cc21.Cc1ccn(-c2ccc3c(c2)NCC3(C)C)c(=O)c1C#Cc1cnc(N)nc1. The van der Waals surface area contributed by atoms with E-state index in [0.29, 0.717) is 34.5 Å². The highest BCUT2D eigenvalue weighted by atomic mass is 16.2. The number of anilines is 4. The lowest BCUT2D eigenvalue weighted by molar-refractivity contribution is -0.116. The number of benzene rings is 2. The smallest absolute Gasteiger partial charge is 0.271 e. The second-order valence-electron chi connectivity index (χ2n) is 15.9. The first kappa shape index (κ1) is 39.7. The van der Waals surface area contributed by atoms with Crippen LogP contribution in [0.15, 0.2) is 95.3 Å². The van der Waals surface area contributed by atoms with Gasteiger partial charge in [0.1, 0.15) is 0 Å². The summed E-state index contributed by atoms with van der Waals surface area (Å²) >= 11 is 0. The molecule has 0 bridgehead atoms. The summed E-state index contributed by atoms with van der Waals surface area (Å²) in [4.78, 5) is 55.9. The number of nitrogen functional groups attached to an aromatic ring is 2. The Morgan fingerprint density at radius 2 is 1.15 bits per heavy atom. The second-order valence-corrected chi connectivity index (χ2v) is 15.9. The van der Waals surface area contributed by atoms with Crippen molar-refractivity contribution in [1.29, 1.82) is 0 Å². The molecule has 0 atom stereocenters. The Bertz CT molecular complexity index is 2890. The maximum absolute atomic E-state index is 13.2. The molecule has 5 N–H and O–H groups in total. The molecule has 59 heavy (non-hydrogen) atoms. The van der Waals surface area contributed by atoms with E-state index in [-0.39, 0.29) is 39.8 Å². The number of pyridine rings is 2. The highest BCUT2D eigenvalue weighted by Crippen LogP contribution is 2.41. The highest BCUT2D eigenvalue weighted by Gasteiger charge is 2.37. The number of hydrogen-bond acceptors (Lipinski definition) is 10. The lowest BCUT2D eigenvalue weighted by Gasteiger charge is -2.19. The van der Waals surface area contributed by atoms with Crippen LogP contribution >= 0.6 is 0 Å². The molecule has 0 fully saturated rings. The predicted molar refractivity (Wildman–Crippen MR) is 231 cm³/mol. The average molecular weight is 785 g/mol. The second kappa shape index (κ2) is 15.4. The van der Waals surface area contributed by atoms with Crippen LogP contribution in [-0.2, 0) is 15.6 Å². The molecule has 8 rings (SSSR count). The number of rotatable bonds is 2. The number of hydrogen-bond donors (Lipinski definition) is 3. The van der Waals surface area contributed by atoms with E-state index in [4.69, 9.17) is 11.5 Å². The number of amides is 1. The van der Waals surface area contributed by atoms with Crippen molar-refractivity contribution in [3.63, 3.8) is 0 Å². The Labute approximate surface area is 342 Å². The van der Waals surface area contributed by atoms with Crippen LogP contribution in [0.1, 0.15) is 79.1 Å². The van der Waals surface area contributed by atoms with Gasteiger partial charge < -0.3 is 21.7 Å². The summed E-state index contributed by atoms with van der Waals surface area (Å²) in [6.07, 6.45) is 9.64. The molecule has 0 unspecified atom stereocenters. The maximum Gasteiger partial charge on any atom is 0.271 e. The summed E-state index contributed by atoms with van der Waals surface area (Å²) in [5.74, 6) is 12.1. The standard InChI is InChI=1S/C24H23N5O2.C22H21N5O/c1-15-9-10-28(22(31)19(15)7-5-17-12-26-23(25)27-13-17)18-6-8-20-21(11-18)29(16(2)30)14-24(20,3)4;1-14-8-9-27(16-5-7-18-19(10-16)26-13-22(18,2)3)20(28)17(14)6-4-15-11-24-21(23)25-12-15/h6,8-13H,14H2,1-4H3,(H2,25,26,27);5,7-12,26H,13H2,1-3H3,(H2,23,24,25). The molecule has 0 aliphatic carbocycles. The van der Waals surface area contributed by atoms with E-state index < -0.39 is 0 Å². The summed E-state index contributed by atoms with van der Waals surface area (Å²) in [5.41, 5.74) is 19.9. The lowest BCUT2D eigenvalue weighted by Crippen LogP contribution is -2.32. The number of nitrogens with zero attached hydrogens (tertiary/aromatic N) is 7. The number of fused-ring (bicyclic) bond motifs is 2. The van der Waals surface area contributed by atoms with Crippen molar-refractivity contribution >= 4 is 29.2 Å². The van der Waals surface area contributed by atoms with Gasteiger partial charge in [-0.25, -0.2) is 19.9 Å². The van der Waals surface area contributed by atoms with E-state index in [1.54, 1.807) is 45.7 Å². The molecule has 0 saturated carbocycles. The zero-order valence-corrected chi connectivity index (χ0v) is 34.0. The first-order chi connectivity index (χ1) is 28.0. The van der Waals surface area contributed by atoms with Gasteiger partial charge in [0.05, 0.1) is 33.6 Å². The molecule has 6 aromatic rings. The number of nitrogens with one attached hydrogen (secondary N) is 1. The summed E-state index contributed by atoms with van der Waals surface area (Å²) in [6, 6.07) is 15.6. The third-order valence-corrected chi connectivity index (χ3v) is 10.6. The lowest BCUT2D eigenvalue weighted by atomic mass is 9.87. The predicted octanol–water partition coefficient (Wildman–Crippen LogP) is 5.18. The van der Waals surface area contributed by atoms with Gasteiger partial charge in [0.25, 0.3) is 11.1 Å². The molecule has 13 nitrogen and oxygen atoms in total. The molecule has 13 heteroatoms. The van der Waals surface area contributed by atoms with Gasteiger partial charge >= 0.3 is 0 Å². The molecule has 4 aromatic heterocycles. The number of carbonyl (C=O) groups is 1. The zero-order chi connectivity index (χ0) is 42.2.